The Morgan fingerprint density at radius 3 is 2.50 bits per heavy atom. The fourth-order valence-corrected chi connectivity index (χ4v) is 1.58. The zero-order valence-corrected chi connectivity index (χ0v) is 8.34. The van der Waals surface area contributed by atoms with Gasteiger partial charge in [-0.3, -0.25) is 4.79 Å². The van der Waals surface area contributed by atoms with Crippen molar-refractivity contribution in [1.29, 1.82) is 0 Å². The Kier molecular flexibility index (Phi) is 3.27. The fraction of sp³-hybridized carbons (Fsp3) is 0.900. The van der Waals surface area contributed by atoms with Crippen LogP contribution in [0.15, 0.2) is 0 Å². The smallest absolute Gasteiger partial charge is 0.135 e. The molecule has 1 rings (SSSR count). The number of carbonyl (C=O) groups excluding carboxylic acids is 1. The second-order valence-electron chi connectivity index (χ2n) is 4.04. The van der Waals surface area contributed by atoms with E-state index in [0.717, 1.165) is 26.1 Å². The van der Waals surface area contributed by atoms with E-state index in [4.69, 9.17) is 0 Å². The molecule has 2 heteroatoms. The lowest BCUT2D eigenvalue weighted by atomic mass is 9.91. The monoisotopic (exact) mass is 169 g/mol. The summed E-state index contributed by atoms with van der Waals surface area (Å²) in [7, 11) is 0. The number of nitrogens with zero attached hydrogens (tertiary/aromatic N) is 1. The number of likely N-dealkylation sites (tertiary alicyclic amines) is 1. The van der Waals surface area contributed by atoms with Crippen molar-refractivity contribution in [3.05, 3.63) is 0 Å². The molecule has 0 amide bonds. The Morgan fingerprint density at radius 1 is 1.50 bits per heavy atom. The van der Waals surface area contributed by atoms with E-state index in [0.29, 0.717) is 11.7 Å². The minimum Gasteiger partial charge on any atom is -0.303 e. The van der Waals surface area contributed by atoms with Crippen LogP contribution in [0.2, 0.25) is 0 Å². The van der Waals surface area contributed by atoms with Crippen LogP contribution in [-0.4, -0.2) is 30.3 Å². The Balaban J connectivity index is 2.14. The number of rotatable bonds is 4. The topological polar surface area (TPSA) is 20.3 Å². The number of carbonyl (C=O) groups is 1. The third-order valence-electron chi connectivity index (χ3n) is 2.61. The molecular formula is C10H19NO. The van der Waals surface area contributed by atoms with Crippen LogP contribution in [0.25, 0.3) is 0 Å². The first kappa shape index (κ1) is 9.72. The SMILES string of the molecule is CCN1CC(CC(=O)C(C)C)C1. The molecule has 0 aromatic heterocycles. The fourth-order valence-electron chi connectivity index (χ4n) is 1.58. The molecule has 0 aromatic carbocycles. The lowest BCUT2D eigenvalue weighted by Gasteiger charge is -2.38. The highest BCUT2D eigenvalue weighted by Gasteiger charge is 2.27. The van der Waals surface area contributed by atoms with Crippen molar-refractivity contribution in [3.63, 3.8) is 0 Å². The molecule has 12 heavy (non-hydrogen) atoms. The minimum atomic E-state index is 0.223. The highest BCUT2D eigenvalue weighted by Crippen LogP contribution is 2.20. The molecule has 0 saturated carbocycles. The van der Waals surface area contributed by atoms with Gasteiger partial charge in [-0.2, -0.15) is 0 Å². The lowest BCUT2D eigenvalue weighted by Crippen LogP contribution is -2.47. The van der Waals surface area contributed by atoms with Gasteiger partial charge in [-0.25, -0.2) is 0 Å². The molecule has 70 valence electrons. The van der Waals surface area contributed by atoms with Crippen molar-refractivity contribution in [3.8, 4) is 0 Å². The molecule has 2 nitrogen and oxygen atoms in total. The summed E-state index contributed by atoms with van der Waals surface area (Å²) >= 11 is 0. The van der Waals surface area contributed by atoms with Gasteiger partial charge in [0, 0.05) is 25.4 Å². The molecule has 0 unspecified atom stereocenters. The Hall–Kier alpha value is -0.370. The van der Waals surface area contributed by atoms with Gasteiger partial charge < -0.3 is 4.90 Å². The number of hydrogen-bond donors (Lipinski definition) is 0. The molecule has 0 N–H and O–H groups in total. The molecule has 0 bridgehead atoms. The molecule has 0 radical (unpaired) electrons. The van der Waals surface area contributed by atoms with Gasteiger partial charge in [-0.1, -0.05) is 20.8 Å². The van der Waals surface area contributed by atoms with E-state index < -0.39 is 0 Å². The van der Waals surface area contributed by atoms with E-state index in [1.54, 1.807) is 0 Å². The summed E-state index contributed by atoms with van der Waals surface area (Å²) in [6.45, 7) is 9.54. The van der Waals surface area contributed by atoms with Gasteiger partial charge in [0.1, 0.15) is 5.78 Å². The van der Waals surface area contributed by atoms with Crippen molar-refractivity contribution in [2.24, 2.45) is 11.8 Å². The van der Waals surface area contributed by atoms with Crippen molar-refractivity contribution >= 4 is 5.78 Å². The van der Waals surface area contributed by atoms with Crippen LogP contribution in [-0.2, 0) is 4.79 Å². The van der Waals surface area contributed by atoms with Gasteiger partial charge in [0.05, 0.1) is 0 Å². The van der Waals surface area contributed by atoms with E-state index in [-0.39, 0.29) is 5.92 Å². The van der Waals surface area contributed by atoms with Crippen LogP contribution in [0.1, 0.15) is 27.2 Å². The average molecular weight is 169 g/mol. The van der Waals surface area contributed by atoms with E-state index in [9.17, 15) is 4.79 Å². The van der Waals surface area contributed by atoms with Crippen LogP contribution < -0.4 is 0 Å². The van der Waals surface area contributed by atoms with Crippen LogP contribution in [0.5, 0.6) is 0 Å². The number of ketones is 1. The maximum atomic E-state index is 11.3. The Morgan fingerprint density at radius 2 is 2.08 bits per heavy atom. The summed E-state index contributed by atoms with van der Waals surface area (Å²) in [5.74, 6) is 1.30. The summed E-state index contributed by atoms with van der Waals surface area (Å²) in [6.07, 6.45) is 0.800. The molecule has 0 atom stereocenters. The number of hydrogen-bond acceptors (Lipinski definition) is 2. The molecule has 0 aliphatic carbocycles. The van der Waals surface area contributed by atoms with E-state index in [1.165, 1.54) is 0 Å². The first-order chi connectivity index (χ1) is 5.63. The molecule has 1 aliphatic rings. The molecule has 1 aliphatic heterocycles. The van der Waals surface area contributed by atoms with E-state index in [1.807, 2.05) is 13.8 Å². The summed E-state index contributed by atoms with van der Waals surface area (Å²) < 4.78 is 0. The Bertz CT molecular complexity index is 159. The van der Waals surface area contributed by atoms with Crippen molar-refractivity contribution in [1.82, 2.24) is 4.90 Å². The molecule has 1 saturated heterocycles. The average Bonchev–Trinajstić information content (AvgIpc) is 1.94. The van der Waals surface area contributed by atoms with Crippen LogP contribution in [0.4, 0.5) is 0 Å². The first-order valence-corrected chi connectivity index (χ1v) is 4.88. The second kappa shape index (κ2) is 4.04. The molecule has 0 aromatic rings. The van der Waals surface area contributed by atoms with E-state index in [2.05, 4.69) is 11.8 Å². The summed E-state index contributed by atoms with van der Waals surface area (Å²) in [6, 6.07) is 0. The van der Waals surface area contributed by atoms with Gasteiger partial charge in [-0.15, -0.1) is 0 Å². The zero-order valence-electron chi connectivity index (χ0n) is 8.34. The summed E-state index contributed by atoms with van der Waals surface area (Å²) in [4.78, 5) is 13.7. The summed E-state index contributed by atoms with van der Waals surface area (Å²) in [5.41, 5.74) is 0. The Labute approximate surface area is 74.9 Å². The maximum Gasteiger partial charge on any atom is 0.135 e. The summed E-state index contributed by atoms with van der Waals surface area (Å²) in [5, 5.41) is 0. The van der Waals surface area contributed by atoms with Crippen molar-refractivity contribution < 1.29 is 4.79 Å². The molecular weight excluding hydrogens is 150 g/mol. The normalized spacial score (nSPS) is 19.7. The predicted molar refractivity (Wildman–Crippen MR) is 50.1 cm³/mol. The van der Waals surface area contributed by atoms with Gasteiger partial charge >= 0.3 is 0 Å². The van der Waals surface area contributed by atoms with E-state index >= 15 is 0 Å². The van der Waals surface area contributed by atoms with Gasteiger partial charge in [0.2, 0.25) is 0 Å². The highest BCUT2D eigenvalue weighted by molar-refractivity contribution is 5.80. The van der Waals surface area contributed by atoms with Crippen LogP contribution >= 0.6 is 0 Å². The standard InChI is InChI=1S/C10H19NO/c1-4-11-6-9(7-11)5-10(12)8(2)3/h8-9H,4-7H2,1-3H3. The highest BCUT2D eigenvalue weighted by atomic mass is 16.1. The van der Waals surface area contributed by atoms with Crippen LogP contribution in [0, 0.1) is 11.8 Å². The largest absolute Gasteiger partial charge is 0.303 e. The second-order valence-corrected chi connectivity index (χ2v) is 4.04. The quantitative estimate of drug-likeness (QED) is 0.636. The lowest BCUT2D eigenvalue weighted by molar-refractivity contribution is -0.124. The van der Waals surface area contributed by atoms with Crippen molar-refractivity contribution in [2.75, 3.05) is 19.6 Å². The maximum absolute atomic E-state index is 11.3. The van der Waals surface area contributed by atoms with Gasteiger partial charge in [-0.05, 0) is 12.5 Å². The zero-order chi connectivity index (χ0) is 9.14. The molecule has 1 heterocycles. The minimum absolute atomic E-state index is 0.223. The van der Waals surface area contributed by atoms with Crippen LogP contribution in [0.3, 0.4) is 0 Å². The van der Waals surface area contributed by atoms with Gasteiger partial charge in [0.15, 0.2) is 0 Å². The molecule has 0 spiro atoms. The number of Topliss-reactive ketones (excluding diaryl/α,β-unsaturated/α-hetero) is 1. The van der Waals surface area contributed by atoms with Crippen molar-refractivity contribution in [2.45, 2.75) is 27.2 Å². The van der Waals surface area contributed by atoms with Gasteiger partial charge in [0.25, 0.3) is 0 Å². The predicted octanol–water partition coefficient (Wildman–Crippen LogP) is 1.55. The third-order valence-corrected chi connectivity index (χ3v) is 2.61. The third kappa shape index (κ3) is 2.31. The molecule has 1 fully saturated rings. The first-order valence-electron chi connectivity index (χ1n) is 4.88.